The van der Waals surface area contributed by atoms with E-state index < -0.39 is 26.6 Å². The van der Waals surface area contributed by atoms with Gasteiger partial charge in [-0.2, -0.15) is 0 Å². The van der Waals surface area contributed by atoms with Gasteiger partial charge in [-0.15, -0.1) is 0 Å². The molecule has 1 saturated heterocycles. The van der Waals surface area contributed by atoms with E-state index in [0.29, 0.717) is 25.7 Å². The summed E-state index contributed by atoms with van der Waals surface area (Å²) >= 11 is 0. The van der Waals surface area contributed by atoms with Crippen LogP contribution in [-0.4, -0.2) is 42.6 Å². The molecule has 98 valence electrons. The smallest absolute Gasteiger partial charge is 0.238 e. The number of nitrogens with one attached hydrogen (secondary N) is 1. The van der Waals surface area contributed by atoms with E-state index in [2.05, 4.69) is 5.32 Å². The number of amides is 1. The van der Waals surface area contributed by atoms with Crippen LogP contribution in [0.1, 0.15) is 38.5 Å². The predicted octanol–water partition coefficient (Wildman–Crippen LogP) is -0.0151. The van der Waals surface area contributed by atoms with Gasteiger partial charge in [-0.1, -0.05) is 6.42 Å². The number of carbonyl (C=O) groups excluding carboxylic acids is 1. The van der Waals surface area contributed by atoms with Crippen LogP contribution in [0.5, 0.6) is 0 Å². The van der Waals surface area contributed by atoms with Gasteiger partial charge in [0.05, 0.1) is 11.4 Å². The lowest BCUT2D eigenvalue weighted by Crippen LogP contribution is -2.51. The van der Waals surface area contributed by atoms with E-state index in [1.807, 2.05) is 0 Å². The van der Waals surface area contributed by atoms with Gasteiger partial charge in [0.2, 0.25) is 5.91 Å². The number of carbonyl (C=O) groups is 1. The third kappa shape index (κ3) is 2.80. The highest BCUT2D eigenvalue weighted by Gasteiger charge is 2.38. The number of sulfone groups is 1. The van der Waals surface area contributed by atoms with E-state index in [1.165, 1.54) is 0 Å². The highest BCUT2D eigenvalue weighted by atomic mass is 32.2. The SMILES string of the molecule is O=C(NCC1(O)CCC1)C1CCCCS1(=O)=O. The van der Waals surface area contributed by atoms with Crippen molar-refractivity contribution in [1.29, 1.82) is 0 Å². The number of hydrogen-bond donors (Lipinski definition) is 2. The number of aliphatic hydroxyl groups is 1. The summed E-state index contributed by atoms with van der Waals surface area (Å²) in [7, 11) is -3.27. The second-order valence-corrected chi connectivity index (χ2v) is 7.45. The molecule has 2 aliphatic rings. The summed E-state index contributed by atoms with van der Waals surface area (Å²) in [6.45, 7) is 0.178. The minimum absolute atomic E-state index is 0.107. The molecule has 1 amide bonds. The van der Waals surface area contributed by atoms with Crippen LogP contribution in [0, 0.1) is 0 Å². The molecular weight excluding hydrogens is 242 g/mol. The van der Waals surface area contributed by atoms with E-state index in [4.69, 9.17) is 0 Å². The zero-order valence-electron chi connectivity index (χ0n) is 9.81. The Morgan fingerprint density at radius 3 is 2.53 bits per heavy atom. The second kappa shape index (κ2) is 4.57. The highest BCUT2D eigenvalue weighted by molar-refractivity contribution is 7.92. The first-order valence-electron chi connectivity index (χ1n) is 6.15. The van der Waals surface area contributed by atoms with Gasteiger partial charge in [0.25, 0.3) is 0 Å². The number of rotatable bonds is 3. The van der Waals surface area contributed by atoms with Crippen molar-refractivity contribution in [2.45, 2.75) is 49.4 Å². The molecule has 1 atom stereocenters. The Kier molecular flexibility index (Phi) is 3.45. The molecular formula is C11H19NO4S. The van der Waals surface area contributed by atoms with Gasteiger partial charge < -0.3 is 10.4 Å². The lowest BCUT2D eigenvalue weighted by atomic mass is 9.80. The van der Waals surface area contributed by atoms with Crippen molar-refractivity contribution >= 4 is 15.7 Å². The van der Waals surface area contributed by atoms with Crippen molar-refractivity contribution in [1.82, 2.24) is 5.32 Å². The van der Waals surface area contributed by atoms with Crippen molar-refractivity contribution in [2.24, 2.45) is 0 Å². The average Bonchev–Trinajstić information content (AvgIpc) is 2.22. The molecule has 2 rings (SSSR count). The second-order valence-electron chi connectivity index (χ2n) is 5.15. The highest BCUT2D eigenvalue weighted by Crippen LogP contribution is 2.30. The first-order valence-corrected chi connectivity index (χ1v) is 7.86. The van der Waals surface area contributed by atoms with E-state index in [-0.39, 0.29) is 12.3 Å². The average molecular weight is 261 g/mol. The first-order chi connectivity index (χ1) is 7.93. The van der Waals surface area contributed by atoms with Crippen molar-refractivity contribution in [3.63, 3.8) is 0 Å². The van der Waals surface area contributed by atoms with Crippen LogP contribution in [0.15, 0.2) is 0 Å². The normalized spacial score (nSPS) is 30.3. The van der Waals surface area contributed by atoms with E-state index in [9.17, 15) is 18.3 Å². The Balaban J connectivity index is 1.90. The lowest BCUT2D eigenvalue weighted by molar-refractivity contribution is -0.123. The maximum atomic E-state index is 11.8. The summed E-state index contributed by atoms with van der Waals surface area (Å²) in [5, 5.41) is 11.5. The molecule has 1 unspecified atom stereocenters. The molecule has 0 radical (unpaired) electrons. The first kappa shape index (κ1) is 12.8. The molecule has 1 aliphatic carbocycles. The largest absolute Gasteiger partial charge is 0.388 e. The molecule has 1 aliphatic heterocycles. The number of hydrogen-bond acceptors (Lipinski definition) is 4. The fourth-order valence-electron chi connectivity index (χ4n) is 2.38. The van der Waals surface area contributed by atoms with Gasteiger partial charge in [0, 0.05) is 6.54 Å². The fraction of sp³-hybridized carbons (Fsp3) is 0.909. The van der Waals surface area contributed by atoms with Gasteiger partial charge in [-0.25, -0.2) is 8.42 Å². The molecule has 5 nitrogen and oxygen atoms in total. The lowest BCUT2D eigenvalue weighted by Gasteiger charge is -2.37. The van der Waals surface area contributed by atoms with Crippen molar-refractivity contribution < 1.29 is 18.3 Å². The van der Waals surface area contributed by atoms with Gasteiger partial charge in [0.1, 0.15) is 5.25 Å². The zero-order valence-corrected chi connectivity index (χ0v) is 10.6. The summed E-state index contributed by atoms with van der Waals surface area (Å²) in [6.07, 6.45) is 4.17. The zero-order chi connectivity index (χ0) is 12.5. The molecule has 2 fully saturated rings. The standard InChI is InChI=1S/C11H19NO4S/c13-10(12-8-11(14)5-3-6-11)9-4-1-2-7-17(9,15)16/h9,14H,1-8H2,(H,12,13). The third-order valence-electron chi connectivity index (χ3n) is 3.75. The van der Waals surface area contributed by atoms with Gasteiger partial charge >= 0.3 is 0 Å². The topological polar surface area (TPSA) is 83.5 Å². The van der Waals surface area contributed by atoms with E-state index >= 15 is 0 Å². The van der Waals surface area contributed by atoms with Crippen LogP contribution in [0.3, 0.4) is 0 Å². The maximum Gasteiger partial charge on any atom is 0.238 e. The monoisotopic (exact) mass is 261 g/mol. The summed E-state index contributed by atoms with van der Waals surface area (Å²) in [5.41, 5.74) is -0.798. The van der Waals surface area contributed by atoms with E-state index in [1.54, 1.807) is 0 Å². The summed E-state index contributed by atoms with van der Waals surface area (Å²) in [4.78, 5) is 11.8. The van der Waals surface area contributed by atoms with Gasteiger partial charge in [-0.3, -0.25) is 4.79 Å². The molecule has 6 heteroatoms. The molecule has 0 aromatic carbocycles. The molecule has 1 saturated carbocycles. The fourth-order valence-corrected chi connectivity index (χ4v) is 4.20. The minimum atomic E-state index is -3.27. The molecule has 2 N–H and O–H groups in total. The van der Waals surface area contributed by atoms with Crippen LogP contribution in [0.2, 0.25) is 0 Å². The molecule has 1 heterocycles. The van der Waals surface area contributed by atoms with Crippen molar-refractivity contribution in [3.05, 3.63) is 0 Å². The van der Waals surface area contributed by atoms with Crippen molar-refractivity contribution in [2.75, 3.05) is 12.3 Å². The Bertz CT molecular complexity index is 400. The Morgan fingerprint density at radius 1 is 1.29 bits per heavy atom. The van der Waals surface area contributed by atoms with Crippen LogP contribution in [-0.2, 0) is 14.6 Å². The maximum absolute atomic E-state index is 11.8. The quantitative estimate of drug-likeness (QED) is 0.748. The Hall–Kier alpha value is -0.620. The molecule has 17 heavy (non-hydrogen) atoms. The molecule has 0 aromatic rings. The summed E-state index contributed by atoms with van der Waals surface area (Å²) in [5.74, 6) is -0.333. The Morgan fingerprint density at radius 2 is 2.00 bits per heavy atom. The Labute approximate surface area is 102 Å². The molecule has 0 aromatic heterocycles. The van der Waals surface area contributed by atoms with Crippen LogP contribution in [0.25, 0.3) is 0 Å². The van der Waals surface area contributed by atoms with Gasteiger partial charge in [0.15, 0.2) is 9.84 Å². The van der Waals surface area contributed by atoms with Crippen molar-refractivity contribution in [3.8, 4) is 0 Å². The van der Waals surface area contributed by atoms with Gasteiger partial charge in [-0.05, 0) is 32.1 Å². The minimum Gasteiger partial charge on any atom is -0.388 e. The molecule has 0 spiro atoms. The van der Waals surface area contributed by atoms with Crippen LogP contribution < -0.4 is 5.32 Å². The van der Waals surface area contributed by atoms with Crippen LogP contribution in [0.4, 0.5) is 0 Å². The van der Waals surface area contributed by atoms with E-state index in [0.717, 1.165) is 12.8 Å². The molecule has 0 bridgehead atoms. The summed E-state index contributed by atoms with van der Waals surface area (Å²) in [6, 6.07) is 0. The summed E-state index contributed by atoms with van der Waals surface area (Å²) < 4.78 is 23.4. The third-order valence-corrected chi connectivity index (χ3v) is 5.92. The van der Waals surface area contributed by atoms with Crippen LogP contribution >= 0.6 is 0 Å². The predicted molar refractivity (Wildman–Crippen MR) is 63.2 cm³/mol.